The number of thioether (sulfide) groups is 1. The number of rotatable bonds is 5. The summed E-state index contributed by atoms with van der Waals surface area (Å²) in [6, 6.07) is 0.203. The Morgan fingerprint density at radius 3 is 2.95 bits per heavy atom. The van der Waals surface area contributed by atoms with Gasteiger partial charge in [0.25, 0.3) is 0 Å². The summed E-state index contributed by atoms with van der Waals surface area (Å²) in [6.45, 7) is 0.632. The number of alkyl halides is 1. The molecule has 0 radical (unpaired) electrons. The number of halogens is 1. The van der Waals surface area contributed by atoms with Crippen molar-refractivity contribution >= 4 is 23.6 Å². The number of carbonyl (C=O) groups is 2. The first-order chi connectivity index (χ1) is 9.11. The molecule has 2 saturated heterocycles. The van der Waals surface area contributed by atoms with Crippen molar-refractivity contribution in [1.29, 1.82) is 0 Å². The molecule has 19 heavy (non-hydrogen) atoms. The molecule has 0 bridgehead atoms. The highest BCUT2D eigenvalue weighted by Crippen LogP contribution is 2.41. The second-order valence-corrected chi connectivity index (χ2v) is 6.41. The number of aliphatic carboxylic acids is 1. The molecule has 0 aromatic rings. The smallest absolute Gasteiger partial charge is 0.305 e. The lowest BCUT2D eigenvalue weighted by Crippen LogP contribution is -2.46. The van der Waals surface area contributed by atoms with E-state index < -0.39 is 5.97 Å². The summed E-state index contributed by atoms with van der Waals surface area (Å²) in [5, 5.41) is 14.5. The zero-order chi connectivity index (χ0) is 13.8. The Morgan fingerprint density at radius 1 is 1.47 bits per heavy atom. The molecule has 2 heterocycles. The lowest BCUT2D eigenvalue weighted by Gasteiger charge is -2.32. The van der Waals surface area contributed by atoms with Crippen molar-refractivity contribution in [3.05, 3.63) is 0 Å². The molecule has 2 aliphatic rings. The van der Waals surface area contributed by atoms with Crippen LogP contribution in [0, 0.1) is 5.92 Å². The number of carbonyl (C=O) groups excluding carboxylic acids is 1. The normalized spacial score (nSPS) is 33.7. The molecular weight excluding hydrogens is 271 g/mol. The molecule has 2 aliphatic heterocycles. The molecule has 108 valence electrons. The van der Waals surface area contributed by atoms with E-state index in [1.807, 2.05) is 0 Å². The molecule has 7 heteroatoms. The minimum Gasteiger partial charge on any atom is -0.481 e. The number of hydrogen-bond donors (Lipinski definition) is 3. The first kappa shape index (κ1) is 14.6. The van der Waals surface area contributed by atoms with E-state index in [1.54, 1.807) is 0 Å². The fraction of sp³-hybridized carbons (Fsp3) is 0.833. The van der Waals surface area contributed by atoms with E-state index in [0.717, 1.165) is 13.0 Å². The molecular formula is C12H19FN2O3S. The molecule has 2 rings (SSSR count). The quantitative estimate of drug-likeness (QED) is 0.683. The molecule has 5 nitrogen and oxygen atoms in total. The second-order valence-electron chi connectivity index (χ2n) is 5.02. The van der Waals surface area contributed by atoms with Crippen LogP contribution in [-0.4, -0.2) is 53.3 Å². The first-order valence-electron chi connectivity index (χ1n) is 6.56. The number of hydrogen-bond acceptors (Lipinski definition) is 4. The zero-order valence-corrected chi connectivity index (χ0v) is 11.4. The van der Waals surface area contributed by atoms with E-state index in [9.17, 15) is 14.0 Å². The summed E-state index contributed by atoms with van der Waals surface area (Å²) < 4.78 is 12.9. The van der Waals surface area contributed by atoms with Crippen LogP contribution in [0.25, 0.3) is 0 Å². The van der Waals surface area contributed by atoms with E-state index >= 15 is 0 Å². The Kier molecular flexibility index (Phi) is 5.04. The predicted molar refractivity (Wildman–Crippen MR) is 70.9 cm³/mol. The van der Waals surface area contributed by atoms with Gasteiger partial charge < -0.3 is 15.7 Å². The van der Waals surface area contributed by atoms with Crippen molar-refractivity contribution in [2.75, 3.05) is 19.8 Å². The third-order valence-corrected chi connectivity index (χ3v) is 5.46. The minimum atomic E-state index is -0.924. The fourth-order valence-electron chi connectivity index (χ4n) is 2.70. The van der Waals surface area contributed by atoms with Crippen molar-refractivity contribution in [2.24, 2.45) is 5.92 Å². The van der Waals surface area contributed by atoms with E-state index in [-0.39, 0.29) is 48.0 Å². The molecule has 1 amide bonds. The molecule has 0 aromatic heterocycles. The van der Waals surface area contributed by atoms with Gasteiger partial charge in [-0.25, -0.2) is 0 Å². The average Bonchev–Trinajstić information content (AvgIpc) is 2.81. The van der Waals surface area contributed by atoms with Gasteiger partial charge in [0.1, 0.15) is 0 Å². The van der Waals surface area contributed by atoms with Crippen molar-refractivity contribution in [2.45, 2.75) is 35.8 Å². The van der Waals surface area contributed by atoms with E-state index in [2.05, 4.69) is 10.6 Å². The molecule has 2 fully saturated rings. The molecule has 4 unspecified atom stereocenters. The van der Waals surface area contributed by atoms with Gasteiger partial charge in [-0.2, -0.15) is 0 Å². The van der Waals surface area contributed by atoms with Gasteiger partial charge in [-0.15, -0.1) is 11.8 Å². The zero-order valence-electron chi connectivity index (χ0n) is 10.6. The lowest BCUT2D eigenvalue weighted by atomic mass is 9.91. The Balaban J connectivity index is 1.83. The fourth-order valence-corrected chi connectivity index (χ4v) is 4.44. The minimum absolute atomic E-state index is 0.0352. The van der Waals surface area contributed by atoms with Crippen LogP contribution < -0.4 is 10.6 Å². The van der Waals surface area contributed by atoms with Crippen LogP contribution in [-0.2, 0) is 9.59 Å². The van der Waals surface area contributed by atoms with E-state index in [0.29, 0.717) is 6.42 Å². The third kappa shape index (κ3) is 3.60. The number of fused-ring (bicyclic) bond motifs is 1. The Bertz CT molecular complexity index is 356. The summed E-state index contributed by atoms with van der Waals surface area (Å²) in [5.41, 5.74) is 0. The SMILES string of the molecule is O=C(O)CCNC(=O)C1CC2NCCC(CF)C2S1. The Hall–Kier alpha value is -0.820. The van der Waals surface area contributed by atoms with Crippen LogP contribution in [0.1, 0.15) is 19.3 Å². The molecule has 0 aromatic carbocycles. The van der Waals surface area contributed by atoms with Crippen LogP contribution in [0.4, 0.5) is 4.39 Å². The maximum atomic E-state index is 12.9. The topological polar surface area (TPSA) is 78.4 Å². The predicted octanol–water partition coefficient (Wildman–Crippen LogP) is 0.399. The Morgan fingerprint density at radius 2 is 2.26 bits per heavy atom. The van der Waals surface area contributed by atoms with Gasteiger partial charge in [0, 0.05) is 23.8 Å². The molecule has 4 atom stereocenters. The molecule has 0 spiro atoms. The number of carboxylic acids is 1. The van der Waals surface area contributed by atoms with Crippen molar-refractivity contribution in [3.63, 3.8) is 0 Å². The van der Waals surface area contributed by atoms with E-state index in [4.69, 9.17) is 5.11 Å². The highest BCUT2D eigenvalue weighted by atomic mass is 32.2. The standard InChI is InChI=1S/C12H19FN2O3S/c13-6-7-1-3-14-8-5-9(19-11(7)8)12(18)15-4-2-10(16)17/h7-9,11,14H,1-6H2,(H,15,18)(H,16,17). The Labute approximate surface area is 115 Å². The largest absolute Gasteiger partial charge is 0.481 e. The van der Waals surface area contributed by atoms with Crippen LogP contribution in [0.15, 0.2) is 0 Å². The van der Waals surface area contributed by atoms with Gasteiger partial charge >= 0.3 is 5.97 Å². The van der Waals surface area contributed by atoms with Gasteiger partial charge in [-0.3, -0.25) is 14.0 Å². The van der Waals surface area contributed by atoms with Crippen molar-refractivity contribution < 1.29 is 19.1 Å². The van der Waals surface area contributed by atoms with Gasteiger partial charge in [-0.1, -0.05) is 0 Å². The highest BCUT2D eigenvalue weighted by molar-refractivity contribution is 8.01. The number of piperidine rings is 1. The van der Waals surface area contributed by atoms with Gasteiger partial charge in [-0.05, 0) is 19.4 Å². The summed E-state index contributed by atoms with van der Waals surface area (Å²) in [4.78, 5) is 22.3. The monoisotopic (exact) mass is 290 g/mol. The second kappa shape index (κ2) is 6.56. The lowest BCUT2D eigenvalue weighted by molar-refractivity contribution is -0.136. The summed E-state index contributed by atoms with van der Waals surface area (Å²) >= 11 is 1.53. The molecule has 0 aliphatic carbocycles. The highest BCUT2D eigenvalue weighted by Gasteiger charge is 2.43. The summed E-state index contributed by atoms with van der Waals surface area (Å²) in [7, 11) is 0. The van der Waals surface area contributed by atoms with Gasteiger partial charge in [0.15, 0.2) is 0 Å². The van der Waals surface area contributed by atoms with Crippen LogP contribution >= 0.6 is 11.8 Å². The number of nitrogens with one attached hydrogen (secondary N) is 2. The number of amides is 1. The number of carboxylic acid groups (broad SMARTS) is 1. The maximum absolute atomic E-state index is 12.9. The van der Waals surface area contributed by atoms with Crippen molar-refractivity contribution in [3.8, 4) is 0 Å². The van der Waals surface area contributed by atoms with Gasteiger partial charge in [0.05, 0.1) is 18.3 Å². The summed E-state index contributed by atoms with van der Waals surface area (Å²) in [6.07, 6.45) is 1.45. The first-order valence-corrected chi connectivity index (χ1v) is 7.50. The van der Waals surface area contributed by atoms with Crippen LogP contribution in [0.3, 0.4) is 0 Å². The molecule has 3 N–H and O–H groups in total. The van der Waals surface area contributed by atoms with Crippen molar-refractivity contribution in [1.82, 2.24) is 10.6 Å². The molecule has 0 saturated carbocycles. The van der Waals surface area contributed by atoms with Gasteiger partial charge in [0.2, 0.25) is 5.91 Å². The average molecular weight is 290 g/mol. The maximum Gasteiger partial charge on any atom is 0.305 e. The van der Waals surface area contributed by atoms with E-state index in [1.165, 1.54) is 11.8 Å². The van der Waals surface area contributed by atoms with Crippen LogP contribution in [0.5, 0.6) is 0 Å². The third-order valence-electron chi connectivity index (χ3n) is 3.70. The van der Waals surface area contributed by atoms with Crippen LogP contribution in [0.2, 0.25) is 0 Å². The summed E-state index contributed by atoms with van der Waals surface area (Å²) in [5.74, 6) is -1.01.